The quantitative estimate of drug-likeness (QED) is 0.682. The van der Waals surface area contributed by atoms with Gasteiger partial charge >= 0.3 is 0 Å². The SMILES string of the molecule is CC(N)C(C)CN1CCN(C)CC1. The van der Waals surface area contributed by atoms with Gasteiger partial charge in [0.05, 0.1) is 0 Å². The molecule has 0 saturated carbocycles. The van der Waals surface area contributed by atoms with Crippen LogP contribution in [0.4, 0.5) is 0 Å². The molecule has 13 heavy (non-hydrogen) atoms. The van der Waals surface area contributed by atoms with Gasteiger partial charge in [-0.2, -0.15) is 0 Å². The van der Waals surface area contributed by atoms with E-state index in [2.05, 4.69) is 30.7 Å². The van der Waals surface area contributed by atoms with Gasteiger partial charge in [0.1, 0.15) is 0 Å². The van der Waals surface area contributed by atoms with E-state index in [0.29, 0.717) is 12.0 Å². The normalized spacial score (nSPS) is 25.8. The standard InChI is InChI=1S/C10H23N3/c1-9(10(2)11)8-13-6-4-12(3)5-7-13/h9-10H,4-8,11H2,1-3H3. The molecule has 3 nitrogen and oxygen atoms in total. The van der Waals surface area contributed by atoms with Crippen molar-refractivity contribution in [3.05, 3.63) is 0 Å². The van der Waals surface area contributed by atoms with Crippen LogP contribution in [0.2, 0.25) is 0 Å². The molecule has 1 rings (SSSR count). The van der Waals surface area contributed by atoms with Gasteiger partial charge in [-0.15, -0.1) is 0 Å². The van der Waals surface area contributed by atoms with Crippen molar-refractivity contribution in [1.82, 2.24) is 9.80 Å². The molecule has 0 amide bonds. The average Bonchev–Trinajstić information content (AvgIpc) is 2.08. The number of hydrogen-bond acceptors (Lipinski definition) is 3. The smallest absolute Gasteiger partial charge is 0.0110 e. The molecule has 2 atom stereocenters. The maximum absolute atomic E-state index is 5.84. The third kappa shape index (κ3) is 3.63. The largest absolute Gasteiger partial charge is 0.328 e. The van der Waals surface area contributed by atoms with Gasteiger partial charge in [0.2, 0.25) is 0 Å². The summed E-state index contributed by atoms with van der Waals surface area (Å²) in [6, 6.07) is 0.319. The first-order chi connectivity index (χ1) is 6.09. The molecule has 0 aromatic carbocycles. The van der Waals surface area contributed by atoms with Crippen molar-refractivity contribution in [2.75, 3.05) is 39.8 Å². The summed E-state index contributed by atoms with van der Waals surface area (Å²) in [6.45, 7) is 10.3. The summed E-state index contributed by atoms with van der Waals surface area (Å²) in [4.78, 5) is 4.90. The summed E-state index contributed by atoms with van der Waals surface area (Å²) < 4.78 is 0. The van der Waals surface area contributed by atoms with E-state index in [0.717, 1.165) is 6.54 Å². The van der Waals surface area contributed by atoms with Crippen LogP contribution in [0, 0.1) is 5.92 Å². The Kier molecular flexibility index (Phi) is 4.16. The molecule has 3 heteroatoms. The first kappa shape index (κ1) is 11.0. The Morgan fingerprint density at radius 3 is 2.15 bits per heavy atom. The van der Waals surface area contributed by atoms with E-state index < -0.39 is 0 Å². The third-order valence-corrected chi connectivity index (χ3v) is 3.04. The first-order valence-electron chi connectivity index (χ1n) is 5.26. The highest BCUT2D eigenvalue weighted by atomic mass is 15.2. The van der Waals surface area contributed by atoms with Gasteiger partial charge in [-0.1, -0.05) is 6.92 Å². The van der Waals surface area contributed by atoms with Crippen molar-refractivity contribution >= 4 is 0 Å². The summed E-state index contributed by atoms with van der Waals surface area (Å²) in [5.41, 5.74) is 5.84. The molecule has 1 aliphatic rings. The molecule has 0 aromatic heterocycles. The van der Waals surface area contributed by atoms with Crippen LogP contribution in [-0.4, -0.2) is 55.6 Å². The fourth-order valence-electron chi connectivity index (χ4n) is 1.60. The van der Waals surface area contributed by atoms with Crippen LogP contribution in [0.5, 0.6) is 0 Å². The van der Waals surface area contributed by atoms with Crippen LogP contribution in [0.25, 0.3) is 0 Å². The van der Waals surface area contributed by atoms with E-state index in [-0.39, 0.29) is 0 Å². The molecular formula is C10H23N3. The molecule has 0 radical (unpaired) electrons. The summed E-state index contributed by atoms with van der Waals surface area (Å²) in [7, 11) is 2.19. The van der Waals surface area contributed by atoms with E-state index in [1.54, 1.807) is 0 Å². The second-order valence-corrected chi connectivity index (χ2v) is 4.44. The molecule has 0 bridgehead atoms. The van der Waals surface area contributed by atoms with Crippen LogP contribution in [-0.2, 0) is 0 Å². The number of nitrogens with two attached hydrogens (primary N) is 1. The summed E-state index contributed by atoms with van der Waals surface area (Å²) in [5, 5.41) is 0. The molecular weight excluding hydrogens is 162 g/mol. The predicted octanol–water partition coefficient (Wildman–Crippen LogP) is 0.217. The number of nitrogens with zero attached hydrogens (tertiary/aromatic N) is 2. The van der Waals surface area contributed by atoms with E-state index in [1.807, 2.05) is 0 Å². The van der Waals surface area contributed by atoms with Crippen LogP contribution in [0.15, 0.2) is 0 Å². The zero-order valence-corrected chi connectivity index (χ0v) is 9.16. The van der Waals surface area contributed by atoms with Crippen LogP contribution < -0.4 is 5.73 Å². The van der Waals surface area contributed by atoms with E-state index >= 15 is 0 Å². The zero-order chi connectivity index (χ0) is 9.84. The van der Waals surface area contributed by atoms with Gasteiger partial charge in [-0.3, -0.25) is 0 Å². The Morgan fingerprint density at radius 1 is 1.15 bits per heavy atom. The van der Waals surface area contributed by atoms with Gasteiger partial charge in [0.15, 0.2) is 0 Å². The Hall–Kier alpha value is -0.120. The van der Waals surface area contributed by atoms with Crippen LogP contribution >= 0.6 is 0 Å². The number of hydrogen-bond donors (Lipinski definition) is 1. The minimum absolute atomic E-state index is 0.319. The van der Waals surface area contributed by atoms with Gasteiger partial charge in [-0.05, 0) is 19.9 Å². The van der Waals surface area contributed by atoms with Crippen molar-refractivity contribution in [2.24, 2.45) is 11.7 Å². The van der Waals surface area contributed by atoms with Crippen LogP contribution in [0.3, 0.4) is 0 Å². The van der Waals surface area contributed by atoms with Gasteiger partial charge in [0, 0.05) is 38.8 Å². The third-order valence-electron chi connectivity index (χ3n) is 3.04. The first-order valence-corrected chi connectivity index (χ1v) is 5.26. The molecule has 2 unspecified atom stereocenters. The molecule has 2 N–H and O–H groups in total. The van der Waals surface area contributed by atoms with E-state index in [9.17, 15) is 0 Å². The second kappa shape index (κ2) is 4.94. The molecule has 1 saturated heterocycles. The Labute approximate surface area is 81.9 Å². The molecule has 78 valence electrons. The van der Waals surface area contributed by atoms with Crippen molar-refractivity contribution in [2.45, 2.75) is 19.9 Å². The lowest BCUT2D eigenvalue weighted by atomic mass is 10.0. The van der Waals surface area contributed by atoms with Gasteiger partial charge in [-0.25, -0.2) is 0 Å². The van der Waals surface area contributed by atoms with E-state index in [1.165, 1.54) is 26.2 Å². The van der Waals surface area contributed by atoms with Crippen LogP contribution in [0.1, 0.15) is 13.8 Å². The average molecular weight is 185 g/mol. The maximum Gasteiger partial charge on any atom is 0.0110 e. The van der Waals surface area contributed by atoms with Crippen molar-refractivity contribution in [1.29, 1.82) is 0 Å². The Bertz CT molecular complexity index is 139. The monoisotopic (exact) mass is 185 g/mol. The van der Waals surface area contributed by atoms with Crippen molar-refractivity contribution in [3.8, 4) is 0 Å². The van der Waals surface area contributed by atoms with E-state index in [4.69, 9.17) is 5.73 Å². The lowest BCUT2D eigenvalue weighted by molar-refractivity contribution is 0.134. The van der Waals surface area contributed by atoms with Gasteiger partial charge < -0.3 is 15.5 Å². The van der Waals surface area contributed by atoms with Crippen molar-refractivity contribution in [3.63, 3.8) is 0 Å². The highest BCUT2D eigenvalue weighted by Crippen LogP contribution is 2.06. The summed E-state index contributed by atoms with van der Waals surface area (Å²) in [6.07, 6.45) is 0. The number of piperazine rings is 1. The van der Waals surface area contributed by atoms with Crippen molar-refractivity contribution < 1.29 is 0 Å². The number of likely N-dealkylation sites (N-methyl/N-ethyl adjacent to an activating group) is 1. The highest BCUT2D eigenvalue weighted by molar-refractivity contribution is 4.74. The second-order valence-electron chi connectivity index (χ2n) is 4.44. The minimum atomic E-state index is 0.319. The molecule has 1 fully saturated rings. The molecule has 0 aliphatic carbocycles. The predicted molar refractivity (Wildman–Crippen MR) is 56.8 cm³/mol. The lowest BCUT2D eigenvalue weighted by Crippen LogP contribution is -2.47. The van der Waals surface area contributed by atoms with Gasteiger partial charge in [0.25, 0.3) is 0 Å². The Balaban J connectivity index is 2.22. The molecule has 0 aromatic rings. The summed E-state index contributed by atoms with van der Waals surface area (Å²) >= 11 is 0. The highest BCUT2D eigenvalue weighted by Gasteiger charge is 2.17. The summed E-state index contributed by atoms with van der Waals surface area (Å²) in [5.74, 6) is 0.614. The topological polar surface area (TPSA) is 32.5 Å². The zero-order valence-electron chi connectivity index (χ0n) is 9.16. The fraction of sp³-hybridized carbons (Fsp3) is 1.00. The maximum atomic E-state index is 5.84. The Morgan fingerprint density at radius 2 is 1.69 bits per heavy atom. The minimum Gasteiger partial charge on any atom is -0.328 e. The lowest BCUT2D eigenvalue weighted by Gasteiger charge is -2.34. The molecule has 1 heterocycles. The molecule has 1 aliphatic heterocycles. The fourth-order valence-corrected chi connectivity index (χ4v) is 1.60. The number of rotatable bonds is 3. The molecule has 0 spiro atoms.